The predicted molar refractivity (Wildman–Crippen MR) is 132 cm³/mol. The maximum Gasteiger partial charge on any atom is 0.261 e. The average molecular weight is 447 g/mol. The van der Waals surface area contributed by atoms with Gasteiger partial charge in [-0.1, -0.05) is 81.4 Å². The van der Waals surface area contributed by atoms with Crippen LogP contribution < -0.4 is 10.4 Å². The maximum absolute atomic E-state index is 12.7. The molecule has 0 radical (unpaired) electrons. The summed E-state index contributed by atoms with van der Waals surface area (Å²) in [4.78, 5) is 17.5. The summed E-state index contributed by atoms with van der Waals surface area (Å²) in [5, 5.41) is 2.42. The van der Waals surface area contributed by atoms with Crippen molar-refractivity contribution in [3.63, 3.8) is 0 Å². The first-order valence-corrected chi connectivity index (χ1v) is 13.7. The molecule has 5 heteroatoms. The summed E-state index contributed by atoms with van der Waals surface area (Å²) in [7, 11) is -2.65. The van der Waals surface area contributed by atoms with Crippen LogP contribution in [0, 0.1) is 0 Å². The smallest absolute Gasteiger partial charge is 0.261 e. The zero-order valence-electron chi connectivity index (χ0n) is 19.7. The van der Waals surface area contributed by atoms with Gasteiger partial charge in [0.25, 0.3) is 8.32 Å². The van der Waals surface area contributed by atoms with Crippen LogP contribution in [0.3, 0.4) is 0 Å². The van der Waals surface area contributed by atoms with E-state index in [2.05, 4.69) is 92.9 Å². The van der Waals surface area contributed by atoms with Crippen LogP contribution in [0.1, 0.15) is 69.0 Å². The van der Waals surface area contributed by atoms with Crippen molar-refractivity contribution in [2.45, 2.75) is 71.6 Å². The van der Waals surface area contributed by atoms with E-state index in [1.807, 2.05) is 0 Å². The molecule has 1 aliphatic carbocycles. The number of fused-ring (bicyclic) bond motifs is 1. The minimum atomic E-state index is -2.65. The summed E-state index contributed by atoms with van der Waals surface area (Å²) in [5.41, 5.74) is 1.77. The van der Waals surface area contributed by atoms with E-state index < -0.39 is 8.32 Å². The molecule has 0 unspecified atom stereocenters. The van der Waals surface area contributed by atoms with Crippen molar-refractivity contribution in [2.75, 3.05) is 0 Å². The quantitative estimate of drug-likeness (QED) is 0.400. The fourth-order valence-corrected chi connectivity index (χ4v) is 9.63. The van der Waals surface area contributed by atoms with E-state index in [9.17, 15) is 4.79 Å². The molecule has 0 saturated heterocycles. The lowest BCUT2D eigenvalue weighted by Crippen LogP contribution is -2.66. The Hall–Kier alpha value is -2.50. The number of Topliss-reactive ketones (excluding diaryl/α,β-unsaturated/α-hetero) is 1. The van der Waals surface area contributed by atoms with Crippen LogP contribution in [0.4, 0.5) is 0 Å². The van der Waals surface area contributed by atoms with Crippen LogP contribution >= 0.6 is 0 Å². The second-order valence-electron chi connectivity index (χ2n) is 9.65. The molecule has 4 nitrogen and oxygen atoms in total. The van der Waals surface area contributed by atoms with E-state index in [-0.39, 0.29) is 10.8 Å². The topological polar surface area (TPSA) is 44.1 Å². The van der Waals surface area contributed by atoms with Gasteiger partial charge in [0, 0.05) is 18.7 Å². The number of imidazole rings is 1. The molecular formula is C27H34N2O2Si. The van der Waals surface area contributed by atoms with Gasteiger partial charge in [0.2, 0.25) is 0 Å². The van der Waals surface area contributed by atoms with Crippen molar-refractivity contribution in [3.8, 4) is 0 Å². The summed E-state index contributed by atoms with van der Waals surface area (Å²) >= 11 is 0. The fraction of sp³-hybridized carbons (Fsp3) is 0.407. The van der Waals surface area contributed by atoms with E-state index in [0.29, 0.717) is 18.7 Å². The van der Waals surface area contributed by atoms with Gasteiger partial charge in [-0.15, -0.1) is 0 Å². The molecule has 4 rings (SSSR count). The molecule has 2 aromatic carbocycles. The van der Waals surface area contributed by atoms with Crippen LogP contribution in [-0.4, -0.2) is 23.7 Å². The lowest BCUT2D eigenvalue weighted by atomic mass is 10.2. The lowest BCUT2D eigenvalue weighted by Gasteiger charge is -2.43. The third-order valence-corrected chi connectivity index (χ3v) is 11.6. The molecule has 168 valence electrons. The third kappa shape index (κ3) is 4.00. The van der Waals surface area contributed by atoms with Gasteiger partial charge >= 0.3 is 0 Å². The number of carbonyl (C=O) groups is 1. The normalized spacial score (nSPS) is 14.8. The van der Waals surface area contributed by atoms with Gasteiger partial charge in [-0.25, -0.2) is 4.98 Å². The molecule has 0 bridgehead atoms. The number of rotatable bonds is 6. The Bertz CT molecular complexity index is 1030. The zero-order chi connectivity index (χ0) is 22.8. The first kappa shape index (κ1) is 22.7. The Balaban J connectivity index is 1.80. The molecular weight excluding hydrogens is 412 g/mol. The number of carbonyl (C=O) groups excluding carboxylic acids is 1. The van der Waals surface area contributed by atoms with Crippen LogP contribution in [0.15, 0.2) is 60.7 Å². The van der Waals surface area contributed by atoms with Crippen LogP contribution in [0.25, 0.3) is 0 Å². The van der Waals surface area contributed by atoms with Gasteiger partial charge in [0.15, 0.2) is 5.78 Å². The van der Waals surface area contributed by atoms with Gasteiger partial charge in [0.1, 0.15) is 11.5 Å². The summed E-state index contributed by atoms with van der Waals surface area (Å²) in [6.45, 7) is 10.2. The van der Waals surface area contributed by atoms with Crippen molar-refractivity contribution in [1.29, 1.82) is 0 Å². The number of hydrogen-bond donors (Lipinski definition) is 0. The highest BCUT2D eigenvalue weighted by molar-refractivity contribution is 6.99. The van der Waals surface area contributed by atoms with E-state index >= 15 is 0 Å². The van der Waals surface area contributed by atoms with Gasteiger partial charge in [0.05, 0.1) is 6.61 Å². The molecule has 0 saturated carbocycles. The Morgan fingerprint density at radius 1 is 0.938 bits per heavy atom. The van der Waals surface area contributed by atoms with Crippen molar-refractivity contribution in [3.05, 3.63) is 77.9 Å². The highest BCUT2D eigenvalue weighted by Crippen LogP contribution is 2.37. The van der Waals surface area contributed by atoms with Gasteiger partial charge in [-0.05, 0) is 41.6 Å². The van der Waals surface area contributed by atoms with Gasteiger partial charge in [-0.2, -0.15) is 0 Å². The van der Waals surface area contributed by atoms with Gasteiger partial charge < -0.3 is 8.99 Å². The molecule has 1 heterocycles. The molecule has 3 aromatic rings. The highest BCUT2D eigenvalue weighted by Gasteiger charge is 2.50. The average Bonchev–Trinajstić information content (AvgIpc) is 3.05. The minimum Gasteiger partial charge on any atom is -0.400 e. The maximum atomic E-state index is 12.7. The molecule has 1 aliphatic rings. The van der Waals surface area contributed by atoms with Crippen molar-refractivity contribution < 1.29 is 9.22 Å². The second kappa shape index (κ2) is 9.16. The molecule has 0 fully saturated rings. The summed E-state index contributed by atoms with van der Waals surface area (Å²) in [5.74, 6) is 1.05. The summed E-state index contributed by atoms with van der Waals surface area (Å²) in [6, 6.07) is 21.3. The third-order valence-electron chi connectivity index (χ3n) is 6.63. The Labute approximate surface area is 192 Å². The van der Waals surface area contributed by atoms with Crippen molar-refractivity contribution in [2.24, 2.45) is 0 Å². The molecule has 0 atom stereocenters. The lowest BCUT2D eigenvalue weighted by molar-refractivity contribution is 0.0977. The molecule has 1 aromatic heterocycles. The SMILES string of the molecule is CCn1c(CO[Si](c2ccccc2)(c2ccccc2)C(C)(C)C)nc2c1CCCCC2=O. The minimum absolute atomic E-state index is 0.0910. The first-order valence-electron chi connectivity index (χ1n) is 11.7. The number of nitrogens with zero attached hydrogens (tertiary/aromatic N) is 2. The molecule has 0 aliphatic heterocycles. The number of benzene rings is 2. The standard InChI is InChI=1S/C27H34N2O2Si/c1-5-29-23-18-12-13-19-24(30)26(23)28-25(29)20-31-32(27(2,3)4,21-14-8-6-9-15-21)22-16-10-7-11-17-22/h6-11,14-17H,5,12-13,18-20H2,1-4H3. The molecule has 0 amide bonds. The number of aromatic nitrogens is 2. The Morgan fingerprint density at radius 2 is 1.50 bits per heavy atom. The number of ketones is 1. The highest BCUT2D eigenvalue weighted by atomic mass is 28.4. The van der Waals surface area contributed by atoms with E-state index in [4.69, 9.17) is 9.41 Å². The first-order chi connectivity index (χ1) is 15.4. The monoisotopic (exact) mass is 446 g/mol. The van der Waals surface area contributed by atoms with Crippen LogP contribution in [-0.2, 0) is 24.0 Å². The Kier molecular flexibility index (Phi) is 6.49. The largest absolute Gasteiger partial charge is 0.400 e. The van der Waals surface area contributed by atoms with E-state index in [1.54, 1.807) is 0 Å². The summed E-state index contributed by atoms with van der Waals surface area (Å²) in [6.07, 6.45) is 3.51. The second-order valence-corrected chi connectivity index (χ2v) is 14.0. The van der Waals surface area contributed by atoms with Gasteiger partial charge in [-0.3, -0.25) is 4.79 Å². The van der Waals surface area contributed by atoms with Crippen LogP contribution in [0.2, 0.25) is 5.04 Å². The predicted octanol–water partition coefficient (Wildman–Crippen LogP) is 4.89. The Morgan fingerprint density at radius 3 is 2.03 bits per heavy atom. The molecule has 32 heavy (non-hydrogen) atoms. The molecule has 0 spiro atoms. The van der Waals surface area contributed by atoms with Crippen LogP contribution in [0.5, 0.6) is 0 Å². The fourth-order valence-electron chi connectivity index (χ4n) is 5.13. The van der Waals surface area contributed by atoms with E-state index in [1.165, 1.54) is 10.4 Å². The van der Waals surface area contributed by atoms with Crippen molar-refractivity contribution >= 4 is 24.5 Å². The number of hydrogen-bond acceptors (Lipinski definition) is 3. The van der Waals surface area contributed by atoms with E-state index in [0.717, 1.165) is 37.3 Å². The molecule has 0 N–H and O–H groups in total. The van der Waals surface area contributed by atoms with Crippen molar-refractivity contribution in [1.82, 2.24) is 9.55 Å². The summed E-state index contributed by atoms with van der Waals surface area (Å²) < 4.78 is 9.30. The zero-order valence-corrected chi connectivity index (χ0v) is 20.7.